The second-order valence-electron chi connectivity index (χ2n) is 5.35. The molecule has 24 heavy (non-hydrogen) atoms. The second kappa shape index (κ2) is 6.11. The van der Waals surface area contributed by atoms with Crippen LogP contribution in [0.1, 0.15) is 12.5 Å². The van der Waals surface area contributed by atoms with E-state index in [1.165, 1.54) is 25.3 Å². The molecule has 0 fully saturated rings. The molecule has 122 valence electrons. The number of nitrogens with one attached hydrogen (secondary N) is 2. The number of carbonyl (C=O) groups excluding carboxylic acids is 1. The van der Waals surface area contributed by atoms with Crippen LogP contribution in [0.25, 0.3) is 11.0 Å². The maximum absolute atomic E-state index is 14.1. The van der Waals surface area contributed by atoms with Gasteiger partial charge in [0, 0.05) is 24.6 Å². The van der Waals surface area contributed by atoms with Gasteiger partial charge in [-0.3, -0.25) is 4.79 Å². The molecule has 3 aromatic rings. The van der Waals surface area contributed by atoms with Crippen molar-refractivity contribution in [1.82, 2.24) is 9.97 Å². The molecule has 3 rings (SSSR count). The van der Waals surface area contributed by atoms with Crippen LogP contribution in [-0.4, -0.2) is 21.0 Å². The first-order valence-corrected chi connectivity index (χ1v) is 7.23. The molecule has 7 heteroatoms. The Balaban J connectivity index is 2.01. The number of aromatic hydroxyl groups is 1. The highest BCUT2D eigenvalue weighted by Crippen LogP contribution is 2.30. The summed E-state index contributed by atoms with van der Waals surface area (Å²) in [5, 5.41) is 15.9. The van der Waals surface area contributed by atoms with Crippen LogP contribution in [0.2, 0.25) is 0 Å². The zero-order chi connectivity index (χ0) is 17.3. The lowest BCUT2D eigenvalue weighted by Crippen LogP contribution is -2.07. The number of aromatic nitrogens is 2. The number of phenols is 1. The number of rotatable bonds is 3. The number of carbonyl (C=O) groups is 1. The van der Waals surface area contributed by atoms with Gasteiger partial charge in [0.25, 0.3) is 0 Å². The molecule has 6 nitrogen and oxygen atoms in total. The molecule has 0 bridgehead atoms. The van der Waals surface area contributed by atoms with Crippen molar-refractivity contribution in [3.8, 4) is 5.75 Å². The molecular formula is C17H15FN4O2. The molecule has 0 unspecified atom stereocenters. The van der Waals surface area contributed by atoms with Crippen molar-refractivity contribution in [1.29, 1.82) is 0 Å². The van der Waals surface area contributed by atoms with Crippen LogP contribution < -0.4 is 10.6 Å². The first-order valence-electron chi connectivity index (χ1n) is 7.23. The molecule has 1 aromatic carbocycles. The van der Waals surface area contributed by atoms with Crippen molar-refractivity contribution in [2.45, 2.75) is 13.8 Å². The first-order chi connectivity index (χ1) is 11.4. The molecule has 0 spiro atoms. The van der Waals surface area contributed by atoms with E-state index in [4.69, 9.17) is 0 Å². The minimum atomic E-state index is -0.474. The smallest absolute Gasteiger partial charge is 0.222 e. The van der Waals surface area contributed by atoms with E-state index in [1.54, 1.807) is 25.1 Å². The van der Waals surface area contributed by atoms with Gasteiger partial charge in [-0.1, -0.05) is 0 Å². The van der Waals surface area contributed by atoms with E-state index >= 15 is 0 Å². The number of hydrogen-bond donors (Lipinski definition) is 3. The minimum absolute atomic E-state index is 0.00308. The van der Waals surface area contributed by atoms with Crippen molar-refractivity contribution in [2.75, 3.05) is 10.6 Å². The molecule has 0 aliphatic heterocycles. The van der Waals surface area contributed by atoms with Crippen molar-refractivity contribution in [3.63, 3.8) is 0 Å². The number of halogens is 1. The zero-order valence-corrected chi connectivity index (χ0v) is 13.1. The fourth-order valence-electron chi connectivity index (χ4n) is 2.29. The van der Waals surface area contributed by atoms with Gasteiger partial charge >= 0.3 is 0 Å². The number of phenolic OH excluding ortho intramolecular Hbond substituents is 1. The summed E-state index contributed by atoms with van der Waals surface area (Å²) in [5.41, 5.74) is 1.60. The third kappa shape index (κ3) is 3.10. The van der Waals surface area contributed by atoms with Gasteiger partial charge in [-0.05, 0) is 36.8 Å². The van der Waals surface area contributed by atoms with Gasteiger partial charge < -0.3 is 15.7 Å². The monoisotopic (exact) mass is 326 g/mol. The van der Waals surface area contributed by atoms with Crippen LogP contribution in [-0.2, 0) is 4.79 Å². The highest BCUT2D eigenvalue weighted by atomic mass is 19.1. The van der Waals surface area contributed by atoms with Gasteiger partial charge in [-0.2, -0.15) is 0 Å². The van der Waals surface area contributed by atoms with Crippen LogP contribution in [0, 0.1) is 12.7 Å². The minimum Gasteiger partial charge on any atom is -0.508 e. The van der Waals surface area contributed by atoms with Crippen LogP contribution >= 0.6 is 0 Å². The Morgan fingerprint density at radius 2 is 2.00 bits per heavy atom. The molecule has 0 saturated heterocycles. The van der Waals surface area contributed by atoms with Crippen LogP contribution in [0.15, 0.2) is 36.5 Å². The number of fused-ring (bicyclic) bond motifs is 1. The van der Waals surface area contributed by atoms with E-state index < -0.39 is 5.82 Å². The predicted octanol–water partition coefficient (Wildman–Crippen LogP) is 3.48. The predicted molar refractivity (Wildman–Crippen MR) is 89.9 cm³/mol. The number of anilines is 3. The second-order valence-corrected chi connectivity index (χ2v) is 5.35. The summed E-state index contributed by atoms with van der Waals surface area (Å²) < 4.78 is 14.1. The third-order valence-electron chi connectivity index (χ3n) is 3.46. The van der Waals surface area contributed by atoms with E-state index in [9.17, 15) is 14.3 Å². The SMILES string of the molecule is CC(=O)Nc1ccc2c(Nc3cc(O)c(C)cc3F)ccnc2n1. The summed E-state index contributed by atoms with van der Waals surface area (Å²) in [6.07, 6.45) is 1.53. The summed E-state index contributed by atoms with van der Waals surface area (Å²) in [4.78, 5) is 19.5. The number of hydrogen-bond acceptors (Lipinski definition) is 5. The maximum atomic E-state index is 14.1. The molecule has 0 aliphatic rings. The van der Waals surface area contributed by atoms with Crippen molar-refractivity contribution < 1.29 is 14.3 Å². The maximum Gasteiger partial charge on any atom is 0.222 e. The molecule has 2 aromatic heterocycles. The molecule has 0 saturated carbocycles. The van der Waals surface area contributed by atoms with Crippen LogP contribution in [0.5, 0.6) is 5.75 Å². The lowest BCUT2D eigenvalue weighted by molar-refractivity contribution is -0.114. The lowest BCUT2D eigenvalue weighted by Gasteiger charge is -2.12. The Labute approximate surface area is 137 Å². The van der Waals surface area contributed by atoms with Crippen molar-refractivity contribution in [2.24, 2.45) is 0 Å². The summed E-state index contributed by atoms with van der Waals surface area (Å²) >= 11 is 0. The van der Waals surface area contributed by atoms with Gasteiger partial charge in [-0.25, -0.2) is 14.4 Å². The van der Waals surface area contributed by atoms with Crippen LogP contribution in [0.4, 0.5) is 21.6 Å². The largest absolute Gasteiger partial charge is 0.508 e. The molecular weight excluding hydrogens is 311 g/mol. The van der Waals surface area contributed by atoms with Crippen molar-refractivity contribution in [3.05, 3.63) is 47.9 Å². The van der Waals surface area contributed by atoms with E-state index in [0.717, 1.165) is 0 Å². The Hall–Kier alpha value is -3.22. The molecule has 0 atom stereocenters. The zero-order valence-electron chi connectivity index (χ0n) is 13.1. The van der Waals surface area contributed by atoms with Gasteiger partial charge in [0.05, 0.1) is 11.4 Å². The summed E-state index contributed by atoms with van der Waals surface area (Å²) in [6, 6.07) is 7.64. The molecule has 1 amide bonds. The summed E-state index contributed by atoms with van der Waals surface area (Å²) in [5.74, 6) is -0.312. The number of pyridine rings is 2. The fraction of sp³-hybridized carbons (Fsp3) is 0.118. The van der Waals surface area contributed by atoms with Crippen LogP contribution in [0.3, 0.4) is 0 Å². The highest BCUT2D eigenvalue weighted by Gasteiger charge is 2.10. The molecule has 3 N–H and O–H groups in total. The number of nitrogens with zero attached hydrogens (tertiary/aromatic N) is 2. The molecule has 0 aliphatic carbocycles. The van der Waals surface area contributed by atoms with E-state index in [-0.39, 0.29) is 17.3 Å². The Kier molecular flexibility index (Phi) is 3.99. The normalized spacial score (nSPS) is 10.6. The average molecular weight is 326 g/mol. The standard InChI is InChI=1S/C17H15FN4O2/c1-9-7-12(18)14(8-15(9)24)21-13-5-6-19-17-11(13)3-4-16(22-17)20-10(2)23/h3-8,24H,1-2H3,(H2,19,20,21,22,23). The Morgan fingerprint density at radius 3 is 2.75 bits per heavy atom. The third-order valence-corrected chi connectivity index (χ3v) is 3.46. The van der Waals surface area contributed by atoms with Gasteiger partial charge in [0.2, 0.25) is 5.91 Å². The summed E-state index contributed by atoms with van der Waals surface area (Å²) in [7, 11) is 0. The van der Waals surface area contributed by atoms with Gasteiger partial charge in [0.1, 0.15) is 17.4 Å². The van der Waals surface area contributed by atoms with Gasteiger partial charge in [0.15, 0.2) is 5.65 Å². The number of benzene rings is 1. The number of aryl methyl sites for hydroxylation is 1. The molecule has 0 radical (unpaired) electrons. The van der Waals surface area contributed by atoms with Gasteiger partial charge in [-0.15, -0.1) is 0 Å². The topological polar surface area (TPSA) is 87.1 Å². The Bertz CT molecular complexity index is 943. The first kappa shape index (κ1) is 15.7. The molecule has 2 heterocycles. The average Bonchev–Trinajstić information content (AvgIpc) is 2.52. The fourth-order valence-corrected chi connectivity index (χ4v) is 2.29. The van der Waals surface area contributed by atoms with E-state index in [2.05, 4.69) is 20.6 Å². The van der Waals surface area contributed by atoms with E-state index in [0.29, 0.717) is 28.1 Å². The van der Waals surface area contributed by atoms with Crippen molar-refractivity contribution >= 4 is 34.1 Å². The number of amides is 1. The lowest BCUT2D eigenvalue weighted by atomic mass is 10.1. The Morgan fingerprint density at radius 1 is 1.21 bits per heavy atom. The highest BCUT2D eigenvalue weighted by molar-refractivity contribution is 5.94. The quantitative estimate of drug-likeness (QED) is 0.686. The summed E-state index contributed by atoms with van der Waals surface area (Å²) in [6.45, 7) is 3.02. The van der Waals surface area contributed by atoms with E-state index in [1.807, 2.05) is 0 Å².